The van der Waals surface area contributed by atoms with E-state index in [0.29, 0.717) is 11.7 Å². The highest BCUT2D eigenvalue weighted by atomic mass is 19.1. The molecule has 0 saturated carbocycles. The number of halogens is 1. The number of rotatable bonds is 4. The van der Waals surface area contributed by atoms with Crippen LogP contribution >= 0.6 is 0 Å². The van der Waals surface area contributed by atoms with Crippen LogP contribution in [0.1, 0.15) is 30.2 Å². The van der Waals surface area contributed by atoms with Crippen molar-refractivity contribution in [3.8, 4) is 11.4 Å². The van der Waals surface area contributed by atoms with Crippen LogP contribution in [-0.2, 0) is 6.54 Å². The number of likely N-dealkylation sites (tertiary alicyclic amines) is 1. The second kappa shape index (κ2) is 7.25. The van der Waals surface area contributed by atoms with Gasteiger partial charge in [0.25, 0.3) is 0 Å². The molecule has 4 rings (SSSR count). The molecule has 1 atom stereocenters. The second-order valence-electron chi connectivity index (χ2n) is 6.78. The van der Waals surface area contributed by atoms with E-state index >= 15 is 0 Å². The molecule has 2 heterocycles. The molecule has 0 radical (unpaired) electrons. The molecule has 6 heteroatoms. The molecule has 0 bridgehead atoms. The lowest BCUT2D eigenvalue weighted by Gasteiger charge is -2.31. The molecule has 1 aliphatic heterocycles. The van der Waals surface area contributed by atoms with Gasteiger partial charge in [0.15, 0.2) is 0 Å². The van der Waals surface area contributed by atoms with E-state index in [1.807, 2.05) is 18.2 Å². The molecule has 134 valence electrons. The third kappa shape index (κ3) is 3.75. The Morgan fingerprint density at radius 3 is 2.85 bits per heavy atom. The lowest BCUT2D eigenvalue weighted by atomic mass is 9.97. The van der Waals surface area contributed by atoms with E-state index in [1.165, 1.54) is 17.7 Å². The van der Waals surface area contributed by atoms with Gasteiger partial charge in [-0.15, -0.1) is 0 Å². The summed E-state index contributed by atoms with van der Waals surface area (Å²) in [6.07, 6.45) is 2.11. The molecule has 1 aromatic heterocycles. The first-order chi connectivity index (χ1) is 12.7. The summed E-state index contributed by atoms with van der Waals surface area (Å²) in [7, 11) is 0. The fourth-order valence-corrected chi connectivity index (χ4v) is 3.47. The molecule has 0 amide bonds. The quantitative estimate of drug-likeness (QED) is 0.723. The van der Waals surface area contributed by atoms with Crippen molar-refractivity contribution >= 4 is 5.69 Å². The minimum Gasteiger partial charge on any atom is -0.399 e. The van der Waals surface area contributed by atoms with Crippen molar-refractivity contribution in [3.63, 3.8) is 0 Å². The second-order valence-corrected chi connectivity index (χ2v) is 6.78. The van der Waals surface area contributed by atoms with E-state index in [0.717, 1.165) is 43.7 Å². The lowest BCUT2D eigenvalue weighted by Crippen LogP contribution is -2.34. The maximum atomic E-state index is 13.1. The number of nitrogen functional groups attached to an aromatic ring is 1. The van der Waals surface area contributed by atoms with Gasteiger partial charge in [-0.1, -0.05) is 17.3 Å². The van der Waals surface area contributed by atoms with E-state index in [2.05, 4.69) is 21.1 Å². The number of anilines is 1. The van der Waals surface area contributed by atoms with Crippen LogP contribution in [-0.4, -0.2) is 28.1 Å². The Bertz CT molecular complexity index is 878. The summed E-state index contributed by atoms with van der Waals surface area (Å²) in [5.41, 5.74) is 8.63. The van der Waals surface area contributed by atoms with Crippen molar-refractivity contribution in [2.45, 2.75) is 25.3 Å². The monoisotopic (exact) mass is 352 g/mol. The Kier molecular flexibility index (Phi) is 4.67. The summed E-state index contributed by atoms with van der Waals surface area (Å²) in [6, 6.07) is 14.1. The highest BCUT2D eigenvalue weighted by Crippen LogP contribution is 2.28. The predicted octanol–water partition coefficient (Wildman–Crippen LogP) is 3.84. The first kappa shape index (κ1) is 16.7. The number of nitrogens with zero attached hydrogens (tertiary/aromatic N) is 3. The van der Waals surface area contributed by atoms with Gasteiger partial charge in [0.05, 0.1) is 5.92 Å². The summed E-state index contributed by atoms with van der Waals surface area (Å²) >= 11 is 0. The Morgan fingerprint density at radius 2 is 2.04 bits per heavy atom. The third-order valence-corrected chi connectivity index (χ3v) is 4.76. The van der Waals surface area contributed by atoms with Crippen molar-refractivity contribution in [2.24, 2.45) is 0 Å². The van der Waals surface area contributed by atoms with Crippen LogP contribution in [0.4, 0.5) is 10.1 Å². The van der Waals surface area contributed by atoms with Gasteiger partial charge in [-0.05, 0) is 61.3 Å². The number of nitrogens with two attached hydrogens (primary N) is 1. The first-order valence-corrected chi connectivity index (χ1v) is 8.84. The van der Waals surface area contributed by atoms with Crippen LogP contribution in [0.15, 0.2) is 53.1 Å². The van der Waals surface area contributed by atoms with Gasteiger partial charge in [0, 0.05) is 24.3 Å². The average Bonchev–Trinajstić information content (AvgIpc) is 3.13. The molecule has 0 aliphatic carbocycles. The number of piperidine rings is 1. The fourth-order valence-electron chi connectivity index (χ4n) is 3.47. The van der Waals surface area contributed by atoms with E-state index in [4.69, 9.17) is 10.3 Å². The third-order valence-electron chi connectivity index (χ3n) is 4.76. The van der Waals surface area contributed by atoms with Gasteiger partial charge < -0.3 is 10.3 Å². The first-order valence-electron chi connectivity index (χ1n) is 8.84. The van der Waals surface area contributed by atoms with Crippen LogP contribution in [0.25, 0.3) is 11.4 Å². The molecule has 1 saturated heterocycles. The zero-order chi connectivity index (χ0) is 17.9. The number of hydrogen-bond donors (Lipinski definition) is 1. The summed E-state index contributed by atoms with van der Waals surface area (Å²) in [5.74, 6) is 1.10. The average molecular weight is 352 g/mol. The summed E-state index contributed by atoms with van der Waals surface area (Å²) in [6.45, 7) is 2.78. The molecule has 2 N–H and O–H groups in total. The maximum Gasteiger partial charge on any atom is 0.231 e. The van der Waals surface area contributed by atoms with Crippen molar-refractivity contribution in [3.05, 3.63) is 65.8 Å². The number of aromatic nitrogens is 2. The number of hydrogen-bond acceptors (Lipinski definition) is 5. The highest BCUT2D eigenvalue weighted by Gasteiger charge is 2.26. The fraction of sp³-hybridized carbons (Fsp3) is 0.300. The molecule has 5 nitrogen and oxygen atoms in total. The molecular weight excluding hydrogens is 331 g/mol. The topological polar surface area (TPSA) is 68.2 Å². The lowest BCUT2D eigenvalue weighted by molar-refractivity contribution is 0.180. The SMILES string of the molecule is Nc1cccc(CN2CCCC(c3nc(-c4ccc(F)cc4)no3)C2)c1. The summed E-state index contributed by atoms with van der Waals surface area (Å²) < 4.78 is 18.6. The number of benzene rings is 2. The normalized spacial score (nSPS) is 18.1. The predicted molar refractivity (Wildman–Crippen MR) is 97.8 cm³/mol. The van der Waals surface area contributed by atoms with Gasteiger partial charge in [-0.2, -0.15) is 4.98 Å². The molecule has 2 aromatic carbocycles. The van der Waals surface area contributed by atoms with Gasteiger partial charge in [-0.3, -0.25) is 4.90 Å². The van der Waals surface area contributed by atoms with Gasteiger partial charge in [-0.25, -0.2) is 4.39 Å². The van der Waals surface area contributed by atoms with Crippen LogP contribution in [0.5, 0.6) is 0 Å². The summed E-state index contributed by atoms with van der Waals surface area (Å²) in [5, 5.41) is 4.07. The van der Waals surface area contributed by atoms with Crippen LogP contribution in [0, 0.1) is 5.82 Å². The van der Waals surface area contributed by atoms with Crippen LogP contribution in [0.3, 0.4) is 0 Å². The molecule has 3 aromatic rings. The Balaban J connectivity index is 1.45. The van der Waals surface area contributed by atoms with Gasteiger partial charge >= 0.3 is 0 Å². The zero-order valence-corrected chi connectivity index (χ0v) is 14.4. The summed E-state index contributed by atoms with van der Waals surface area (Å²) in [4.78, 5) is 6.94. The van der Waals surface area contributed by atoms with Crippen molar-refractivity contribution in [1.29, 1.82) is 0 Å². The Morgan fingerprint density at radius 1 is 1.19 bits per heavy atom. The minimum absolute atomic E-state index is 0.214. The van der Waals surface area contributed by atoms with Gasteiger partial charge in [0.1, 0.15) is 5.82 Å². The molecule has 0 spiro atoms. The van der Waals surface area contributed by atoms with E-state index in [1.54, 1.807) is 12.1 Å². The molecule has 1 aliphatic rings. The van der Waals surface area contributed by atoms with Crippen molar-refractivity contribution in [1.82, 2.24) is 15.0 Å². The van der Waals surface area contributed by atoms with E-state index in [-0.39, 0.29) is 11.7 Å². The van der Waals surface area contributed by atoms with Gasteiger partial charge in [0.2, 0.25) is 11.7 Å². The standard InChI is InChI=1S/C20H21FN4O/c21-17-8-6-15(7-9-17)19-23-20(26-24-19)16-4-2-10-25(13-16)12-14-3-1-5-18(22)11-14/h1,3,5-9,11,16H,2,4,10,12-13,22H2. The molecule has 1 fully saturated rings. The van der Waals surface area contributed by atoms with E-state index < -0.39 is 0 Å². The van der Waals surface area contributed by atoms with Crippen LogP contribution < -0.4 is 5.73 Å². The Labute approximate surface area is 151 Å². The smallest absolute Gasteiger partial charge is 0.231 e. The Hall–Kier alpha value is -2.73. The molecule has 1 unspecified atom stereocenters. The van der Waals surface area contributed by atoms with Crippen molar-refractivity contribution < 1.29 is 8.91 Å². The molecular formula is C20H21FN4O. The van der Waals surface area contributed by atoms with Crippen molar-refractivity contribution in [2.75, 3.05) is 18.8 Å². The van der Waals surface area contributed by atoms with Crippen LogP contribution in [0.2, 0.25) is 0 Å². The largest absolute Gasteiger partial charge is 0.399 e. The molecule has 26 heavy (non-hydrogen) atoms. The maximum absolute atomic E-state index is 13.1. The zero-order valence-electron chi connectivity index (χ0n) is 14.4. The van der Waals surface area contributed by atoms with E-state index in [9.17, 15) is 4.39 Å². The minimum atomic E-state index is -0.276. The highest BCUT2D eigenvalue weighted by molar-refractivity contribution is 5.53.